The third-order valence-corrected chi connectivity index (χ3v) is 3.27. The minimum Gasteiger partial charge on any atom is -0.401 e. The molecular formula is C17H24N6. The molecule has 0 aliphatic carbocycles. The zero-order valence-corrected chi connectivity index (χ0v) is 13.5. The molecule has 0 fully saturated rings. The number of nitrogens with zero attached hydrogens (tertiary/aromatic N) is 4. The third-order valence-electron chi connectivity index (χ3n) is 3.27. The molecule has 2 heterocycles. The van der Waals surface area contributed by atoms with E-state index in [0.717, 1.165) is 31.0 Å². The summed E-state index contributed by atoms with van der Waals surface area (Å²) in [6, 6.07) is 11.9. The third kappa shape index (κ3) is 6.46. The summed E-state index contributed by atoms with van der Waals surface area (Å²) in [6.45, 7) is 4.77. The topological polar surface area (TPSA) is 84.3 Å². The molecule has 2 rings (SSSR count). The van der Waals surface area contributed by atoms with Gasteiger partial charge in [0.25, 0.3) is 0 Å². The number of aromatic nitrogens is 2. The Kier molecular flexibility index (Phi) is 6.53. The molecule has 23 heavy (non-hydrogen) atoms. The van der Waals surface area contributed by atoms with Crippen molar-refractivity contribution in [2.24, 2.45) is 11.6 Å². The van der Waals surface area contributed by atoms with Gasteiger partial charge in [0, 0.05) is 50.5 Å². The Morgan fingerprint density at radius 1 is 1.00 bits per heavy atom. The molecule has 0 saturated carbocycles. The molecule has 6 nitrogen and oxygen atoms in total. The molecule has 0 spiro atoms. The summed E-state index contributed by atoms with van der Waals surface area (Å²) in [5.74, 6) is 5.93. The van der Waals surface area contributed by atoms with Crippen LogP contribution in [0.4, 0.5) is 0 Å². The van der Waals surface area contributed by atoms with E-state index in [4.69, 9.17) is 11.6 Å². The van der Waals surface area contributed by atoms with Crippen molar-refractivity contribution < 1.29 is 0 Å². The summed E-state index contributed by atoms with van der Waals surface area (Å²) < 4.78 is 0. The summed E-state index contributed by atoms with van der Waals surface area (Å²) in [5, 5.41) is 1.61. The molecule has 0 saturated heterocycles. The molecule has 2 aromatic heterocycles. The van der Waals surface area contributed by atoms with Crippen molar-refractivity contribution in [2.75, 3.05) is 13.1 Å². The van der Waals surface area contributed by atoms with Crippen LogP contribution in [-0.4, -0.2) is 33.0 Å². The Labute approximate surface area is 137 Å². The van der Waals surface area contributed by atoms with E-state index in [9.17, 15) is 0 Å². The van der Waals surface area contributed by atoms with Crippen molar-refractivity contribution in [3.8, 4) is 0 Å². The molecule has 6 heteroatoms. The number of allylic oxidation sites excluding steroid dienone is 1. The van der Waals surface area contributed by atoms with E-state index in [2.05, 4.69) is 14.9 Å². The number of pyridine rings is 2. The second-order valence-corrected chi connectivity index (χ2v) is 5.46. The first-order valence-electron chi connectivity index (χ1n) is 7.61. The minimum atomic E-state index is 0.675. The lowest BCUT2D eigenvalue weighted by molar-refractivity contribution is 0.219. The predicted molar refractivity (Wildman–Crippen MR) is 91.4 cm³/mol. The zero-order chi connectivity index (χ0) is 16.5. The van der Waals surface area contributed by atoms with Gasteiger partial charge in [0.1, 0.15) is 0 Å². The fourth-order valence-electron chi connectivity index (χ4n) is 2.24. The molecule has 2 aromatic rings. The van der Waals surface area contributed by atoms with Gasteiger partial charge in [-0.25, -0.2) is 5.84 Å². The largest absolute Gasteiger partial charge is 0.401 e. The highest BCUT2D eigenvalue weighted by Crippen LogP contribution is 2.06. The molecule has 0 amide bonds. The molecule has 0 aromatic carbocycles. The number of nitrogens with two attached hydrogens (primary N) is 2. The molecule has 4 N–H and O–H groups in total. The van der Waals surface area contributed by atoms with Crippen LogP contribution in [-0.2, 0) is 13.1 Å². The van der Waals surface area contributed by atoms with Gasteiger partial charge in [0.15, 0.2) is 0 Å². The summed E-state index contributed by atoms with van der Waals surface area (Å²) in [5.41, 5.74) is 8.39. The highest BCUT2D eigenvalue weighted by atomic mass is 15.4. The molecule has 0 aliphatic rings. The highest BCUT2D eigenvalue weighted by molar-refractivity contribution is 5.06. The van der Waals surface area contributed by atoms with Crippen molar-refractivity contribution in [3.05, 3.63) is 72.1 Å². The average Bonchev–Trinajstić information content (AvgIpc) is 2.54. The zero-order valence-electron chi connectivity index (χ0n) is 13.5. The summed E-state index contributed by atoms with van der Waals surface area (Å²) in [6.07, 6.45) is 5.35. The van der Waals surface area contributed by atoms with Crippen LogP contribution in [0.3, 0.4) is 0 Å². The molecule has 0 atom stereocenters. The standard InChI is InChI=1S/C17H24N6/c1-15(18)12-23(19)11-10-22(13-16-6-2-4-8-20-16)14-17-7-3-5-9-21-17/h2-9,12H,10-11,13-14,18-19H2,1H3/b15-12-. The Morgan fingerprint density at radius 3 is 2.00 bits per heavy atom. The molecule has 0 bridgehead atoms. The predicted octanol–water partition coefficient (Wildman–Crippen LogP) is 1.47. The summed E-state index contributed by atoms with van der Waals surface area (Å²) in [4.78, 5) is 11.1. The number of rotatable bonds is 8. The molecular weight excluding hydrogens is 288 g/mol. The van der Waals surface area contributed by atoms with Crippen molar-refractivity contribution in [3.63, 3.8) is 0 Å². The van der Waals surface area contributed by atoms with E-state index in [-0.39, 0.29) is 0 Å². The minimum absolute atomic E-state index is 0.675. The van der Waals surface area contributed by atoms with Gasteiger partial charge in [-0.3, -0.25) is 14.9 Å². The van der Waals surface area contributed by atoms with Gasteiger partial charge < -0.3 is 10.7 Å². The van der Waals surface area contributed by atoms with Gasteiger partial charge in [-0.05, 0) is 31.2 Å². The lowest BCUT2D eigenvalue weighted by atomic mass is 10.3. The van der Waals surface area contributed by atoms with Crippen molar-refractivity contribution >= 4 is 0 Å². The van der Waals surface area contributed by atoms with Crippen molar-refractivity contribution in [1.82, 2.24) is 19.9 Å². The molecule has 0 aliphatic heterocycles. The smallest absolute Gasteiger partial charge is 0.0544 e. The van der Waals surface area contributed by atoms with Crippen LogP contribution in [0.1, 0.15) is 18.3 Å². The maximum Gasteiger partial charge on any atom is 0.0544 e. The second-order valence-electron chi connectivity index (χ2n) is 5.46. The number of hydrazine groups is 1. The first kappa shape index (κ1) is 16.9. The van der Waals surface area contributed by atoms with Crippen LogP contribution in [0.5, 0.6) is 0 Å². The molecule has 0 unspecified atom stereocenters. The van der Waals surface area contributed by atoms with E-state index in [0.29, 0.717) is 12.2 Å². The fraction of sp³-hybridized carbons (Fsp3) is 0.294. The van der Waals surface area contributed by atoms with E-state index >= 15 is 0 Å². The first-order chi connectivity index (χ1) is 11.1. The summed E-state index contributed by atoms with van der Waals surface area (Å²) in [7, 11) is 0. The lowest BCUT2D eigenvalue weighted by Crippen LogP contribution is -2.36. The van der Waals surface area contributed by atoms with Crippen LogP contribution >= 0.6 is 0 Å². The Bertz CT molecular complexity index is 553. The van der Waals surface area contributed by atoms with Crippen LogP contribution in [0.15, 0.2) is 60.7 Å². The lowest BCUT2D eigenvalue weighted by Gasteiger charge is -2.24. The molecule has 122 valence electrons. The van der Waals surface area contributed by atoms with Crippen LogP contribution < -0.4 is 11.6 Å². The van der Waals surface area contributed by atoms with E-state index in [1.807, 2.05) is 55.7 Å². The van der Waals surface area contributed by atoms with Crippen molar-refractivity contribution in [1.29, 1.82) is 0 Å². The maximum absolute atomic E-state index is 5.93. The summed E-state index contributed by atoms with van der Waals surface area (Å²) >= 11 is 0. The number of hydrogen-bond acceptors (Lipinski definition) is 6. The highest BCUT2D eigenvalue weighted by Gasteiger charge is 2.09. The Morgan fingerprint density at radius 2 is 1.57 bits per heavy atom. The fourth-order valence-corrected chi connectivity index (χ4v) is 2.24. The van der Waals surface area contributed by atoms with Crippen LogP contribution in [0.25, 0.3) is 0 Å². The van der Waals surface area contributed by atoms with Gasteiger partial charge >= 0.3 is 0 Å². The van der Waals surface area contributed by atoms with Gasteiger partial charge in [-0.1, -0.05) is 12.1 Å². The van der Waals surface area contributed by atoms with E-state index in [1.54, 1.807) is 11.2 Å². The SMILES string of the molecule is C/C(N)=C/N(N)CCN(Cc1ccccn1)Cc1ccccn1. The van der Waals surface area contributed by atoms with E-state index < -0.39 is 0 Å². The average molecular weight is 312 g/mol. The van der Waals surface area contributed by atoms with Crippen LogP contribution in [0.2, 0.25) is 0 Å². The van der Waals surface area contributed by atoms with Gasteiger partial charge in [-0.2, -0.15) is 0 Å². The normalized spacial score (nSPS) is 11.7. The monoisotopic (exact) mass is 312 g/mol. The van der Waals surface area contributed by atoms with Gasteiger partial charge in [-0.15, -0.1) is 0 Å². The first-order valence-corrected chi connectivity index (χ1v) is 7.61. The quantitative estimate of drug-likeness (QED) is 0.567. The van der Waals surface area contributed by atoms with Gasteiger partial charge in [0.2, 0.25) is 0 Å². The molecule has 0 radical (unpaired) electrons. The van der Waals surface area contributed by atoms with Gasteiger partial charge in [0.05, 0.1) is 11.4 Å². The van der Waals surface area contributed by atoms with Crippen molar-refractivity contribution in [2.45, 2.75) is 20.0 Å². The van der Waals surface area contributed by atoms with E-state index in [1.165, 1.54) is 0 Å². The second kappa shape index (κ2) is 8.87. The Hall–Kier alpha value is -2.44. The maximum atomic E-state index is 5.93. The Balaban J connectivity index is 2.00. The van der Waals surface area contributed by atoms with Crippen LogP contribution in [0, 0.1) is 0 Å². The number of hydrogen-bond donors (Lipinski definition) is 2.